The lowest BCUT2D eigenvalue weighted by molar-refractivity contribution is -0.139. The molecule has 0 radical (unpaired) electrons. The molecular weight excluding hydrogens is 284 g/mol. The number of amides is 1. The average molecular weight is 308 g/mol. The first-order chi connectivity index (χ1) is 10.7. The smallest absolute Gasteiger partial charge is 0.250 e. The zero-order valence-corrected chi connectivity index (χ0v) is 13.2. The summed E-state index contributed by atoms with van der Waals surface area (Å²) in [5, 5.41) is 7.38. The molecule has 22 heavy (non-hydrogen) atoms. The fourth-order valence-electron chi connectivity index (χ4n) is 2.98. The van der Waals surface area contributed by atoms with Gasteiger partial charge in [-0.1, -0.05) is 0 Å². The van der Waals surface area contributed by atoms with Crippen molar-refractivity contribution in [2.45, 2.75) is 38.1 Å². The number of carbonyl (C=O) groups excluding carboxylic acids is 1. The van der Waals surface area contributed by atoms with Gasteiger partial charge in [-0.2, -0.15) is 5.10 Å². The van der Waals surface area contributed by atoms with Gasteiger partial charge >= 0.3 is 0 Å². The minimum absolute atomic E-state index is 0.0159. The largest absolute Gasteiger partial charge is 0.371 e. The van der Waals surface area contributed by atoms with Gasteiger partial charge in [0.2, 0.25) is 0 Å². The van der Waals surface area contributed by atoms with Crippen LogP contribution in [0.5, 0.6) is 0 Å². The van der Waals surface area contributed by atoms with E-state index < -0.39 is 6.10 Å². The molecule has 1 aromatic rings. The van der Waals surface area contributed by atoms with E-state index in [4.69, 9.17) is 9.47 Å². The molecule has 2 fully saturated rings. The number of ether oxygens (including phenoxy) is 2. The van der Waals surface area contributed by atoms with Crippen LogP contribution in [0.1, 0.15) is 25.0 Å². The van der Waals surface area contributed by atoms with Gasteiger partial charge in [-0.15, -0.1) is 0 Å². The number of nitrogens with zero attached hydrogens (tertiary/aromatic N) is 3. The molecule has 2 saturated heterocycles. The second-order valence-corrected chi connectivity index (χ2v) is 5.95. The number of rotatable bonds is 4. The maximum Gasteiger partial charge on any atom is 0.250 e. The van der Waals surface area contributed by atoms with Crippen LogP contribution in [-0.2, 0) is 20.8 Å². The zero-order chi connectivity index (χ0) is 15.5. The SMILES string of the molecule is CCn1cc([C@H]2OCC[C@@H]2NC(=O)[C@H]2CN(C)CCO2)cn1. The van der Waals surface area contributed by atoms with E-state index >= 15 is 0 Å². The van der Waals surface area contributed by atoms with Crippen LogP contribution >= 0.6 is 0 Å². The first-order valence-corrected chi connectivity index (χ1v) is 7.92. The molecule has 7 nitrogen and oxygen atoms in total. The van der Waals surface area contributed by atoms with E-state index in [0.29, 0.717) is 19.8 Å². The predicted octanol–water partition coefficient (Wildman–Crippen LogP) is 0.180. The van der Waals surface area contributed by atoms with Gasteiger partial charge in [-0.3, -0.25) is 9.48 Å². The molecule has 1 aromatic heterocycles. The Morgan fingerprint density at radius 2 is 2.32 bits per heavy atom. The number of hydrogen-bond donors (Lipinski definition) is 1. The van der Waals surface area contributed by atoms with Crippen molar-refractivity contribution in [3.63, 3.8) is 0 Å². The highest BCUT2D eigenvalue weighted by Crippen LogP contribution is 2.29. The lowest BCUT2D eigenvalue weighted by atomic mass is 10.0. The molecule has 122 valence electrons. The standard InChI is InChI=1S/C15H24N4O3/c1-3-19-9-11(8-16-19)14-12(4-6-22-14)17-15(20)13-10-18(2)5-7-21-13/h8-9,12-14H,3-7,10H2,1-2H3,(H,17,20)/t12-,13+,14+/m0/s1. The fraction of sp³-hybridized carbons (Fsp3) is 0.733. The molecule has 2 aliphatic heterocycles. The number of aromatic nitrogens is 2. The lowest BCUT2D eigenvalue weighted by Crippen LogP contribution is -2.51. The van der Waals surface area contributed by atoms with Crippen molar-refractivity contribution in [1.29, 1.82) is 0 Å². The van der Waals surface area contributed by atoms with Crippen LogP contribution in [0.25, 0.3) is 0 Å². The first-order valence-electron chi connectivity index (χ1n) is 7.92. The monoisotopic (exact) mass is 308 g/mol. The molecule has 2 aliphatic rings. The number of morpholine rings is 1. The summed E-state index contributed by atoms with van der Waals surface area (Å²) in [5.41, 5.74) is 1.02. The predicted molar refractivity (Wildman–Crippen MR) is 80.4 cm³/mol. The second-order valence-electron chi connectivity index (χ2n) is 5.95. The van der Waals surface area contributed by atoms with Crippen LogP contribution in [0.2, 0.25) is 0 Å². The maximum absolute atomic E-state index is 12.4. The summed E-state index contributed by atoms with van der Waals surface area (Å²) in [7, 11) is 2.00. The van der Waals surface area contributed by atoms with E-state index in [9.17, 15) is 4.79 Å². The summed E-state index contributed by atoms with van der Waals surface area (Å²) in [6.45, 7) is 5.63. The molecule has 0 aliphatic carbocycles. The molecule has 1 N–H and O–H groups in total. The van der Waals surface area contributed by atoms with Crippen LogP contribution < -0.4 is 5.32 Å². The minimum Gasteiger partial charge on any atom is -0.371 e. The number of hydrogen-bond acceptors (Lipinski definition) is 5. The quantitative estimate of drug-likeness (QED) is 0.859. The van der Waals surface area contributed by atoms with Crippen LogP contribution in [0, 0.1) is 0 Å². The molecule has 0 saturated carbocycles. The number of likely N-dealkylation sites (N-methyl/N-ethyl adjacent to an activating group) is 1. The summed E-state index contributed by atoms with van der Waals surface area (Å²) in [4.78, 5) is 14.5. The Kier molecular flexibility index (Phi) is 4.75. The fourth-order valence-corrected chi connectivity index (χ4v) is 2.98. The molecule has 0 unspecified atom stereocenters. The summed E-state index contributed by atoms with van der Waals surface area (Å²) in [6, 6.07) is -0.0159. The highest BCUT2D eigenvalue weighted by molar-refractivity contribution is 5.81. The first kappa shape index (κ1) is 15.5. The molecule has 1 amide bonds. The average Bonchev–Trinajstić information content (AvgIpc) is 3.15. The number of carbonyl (C=O) groups is 1. The van der Waals surface area contributed by atoms with Crippen molar-refractivity contribution < 1.29 is 14.3 Å². The molecule has 3 heterocycles. The summed E-state index contributed by atoms with van der Waals surface area (Å²) in [6.07, 6.45) is 4.11. The van der Waals surface area contributed by atoms with Gasteiger partial charge in [-0.25, -0.2) is 0 Å². The van der Waals surface area contributed by atoms with Gasteiger partial charge in [0.05, 0.1) is 18.8 Å². The third-order valence-corrected chi connectivity index (χ3v) is 4.29. The van der Waals surface area contributed by atoms with Gasteiger partial charge in [0, 0.05) is 38.0 Å². The van der Waals surface area contributed by atoms with Gasteiger partial charge in [-0.05, 0) is 20.4 Å². The van der Waals surface area contributed by atoms with E-state index in [2.05, 4.69) is 15.3 Å². The lowest BCUT2D eigenvalue weighted by Gasteiger charge is -2.30. The van der Waals surface area contributed by atoms with Crippen LogP contribution in [0.4, 0.5) is 0 Å². The number of aryl methyl sites for hydroxylation is 1. The van der Waals surface area contributed by atoms with Crippen molar-refractivity contribution >= 4 is 5.91 Å². The Labute approximate surface area is 130 Å². The van der Waals surface area contributed by atoms with Crippen LogP contribution in [0.3, 0.4) is 0 Å². The Morgan fingerprint density at radius 1 is 1.45 bits per heavy atom. The minimum atomic E-state index is -0.390. The van der Waals surface area contributed by atoms with E-state index in [0.717, 1.165) is 25.1 Å². The summed E-state index contributed by atoms with van der Waals surface area (Å²) >= 11 is 0. The molecule has 0 spiro atoms. The highest BCUT2D eigenvalue weighted by atomic mass is 16.5. The van der Waals surface area contributed by atoms with Crippen LogP contribution in [-0.4, -0.2) is 66.1 Å². The Balaban J connectivity index is 1.62. The third-order valence-electron chi connectivity index (χ3n) is 4.29. The Bertz CT molecular complexity index is 519. The molecule has 0 bridgehead atoms. The summed E-state index contributed by atoms with van der Waals surface area (Å²) < 4.78 is 13.2. The van der Waals surface area contributed by atoms with Gasteiger partial charge in [0.15, 0.2) is 0 Å². The van der Waals surface area contributed by atoms with Gasteiger partial charge < -0.3 is 19.7 Å². The maximum atomic E-state index is 12.4. The Hall–Kier alpha value is -1.44. The van der Waals surface area contributed by atoms with E-state index in [-0.39, 0.29) is 18.1 Å². The van der Waals surface area contributed by atoms with Crippen molar-refractivity contribution in [2.24, 2.45) is 0 Å². The topological polar surface area (TPSA) is 68.6 Å². The summed E-state index contributed by atoms with van der Waals surface area (Å²) in [5.74, 6) is -0.0464. The normalized spacial score (nSPS) is 29.6. The third kappa shape index (κ3) is 3.31. The van der Waals surface area contributed by atoms with E-state index in [1.807, 2.05) is 31.0 Å². The van der Waals surface area contributed by atoms with Crippen molar-refractivity contribution in [3.05, 3.63) is 18.0 Å². The van der Waals surface area contributed by atoms with Crippen molar-refractivity contribution in [3.8, 4) is 0 Å². The molecule has 3 atom stereocenters. The highest BCUT2D eigenvalue weighted by Gasteiger charge is 2.34. The number of nitrogens with one attached hydrogen (secondary N) is 1. The van der Waals surface area contributed by atoms with Crippen molar-refractivity contribution in [1.82, 2.24) is 20.0 Å². The molecule has 0 aromatic carbocycles. The zero-order valence-electron chi connectivity index (χ0n) is 13.2. The van der Waals surface area contributed by atoms with Gasteiger partial charge in [0.25, 0.3) is 5.91 Å². The van der Waals surface area contributed by atoms with E-state index in [1.165, 1.54) is 0 Å². The molecular formula is C15H24N4O3. The molecule has 7 heteroatoms. The Morgan fingerprint density at radius 3 is 3.05 bits per heavy atom. The van der Waals surface area contributed by atoms with Crippen LogP contribution in [0.15, 0.2) is 12.4 Å². The molecule has 3 rings (SSSR count). The second kappa shape index (κ2) is 6.76. The van der Waals surface area contributed by atoms with E-state index in [1.54, 1.807) is 0 Å². The van der Waals surface area contributed by atoms with Gasteiger partial charge in [0.1, 0.15) is 12.2 Å². The van der Waals surface area contributed by atoms with Crippen molar-refractivity contribution in [2.75, 3.05) is 33.4 Å².